The summed E-state index contributed by atoms with van der Waals surface area (Å²) in [4.78, 5) is 0. The molecule has 0 saturated heterocycles. The zero-order chi connectivity index (χ0) is 16.7. The van der Waals surface area contributed by atoms with Crippen molar-refractivity contribution in [1.29, 1.82) is 5.41 Å². The van der Waals surface area contributed by atoms with E-state index in [4.69, 9.17) is 9.69 Å². The third-order valence-electron chi connectivity index (χ3n) is 4.58. The quantitative estimate of drug-likeness (QED) is 0.350. The van der Waals surface area contributed by atoms with E-state index in [-0.39, 0.29) is 17.6 Å². The minimum Gasteiger partial charge on any atom is -0.303 e. The number of oxime groups is 1. The third-order valence-corrected chi connectivity index (χ3v) is 5.67. The Morgan fingerprint density at radius 3 is 2.30 bits per heavy atom. The minimum atomic E-state index is -3.62. The first-order chi connectivity index (χ1) is 11.0. The summed E-state index contributed by atoms with van der Waals surface area (Å²) in [6, 6.07) is 0. The van der Waals surface area contributed by atoms with Crippen molar-refractivity contribution < 1.29 is 12.7 Å². The Morgan fingerprint density at radius 1 is 1.09 bits per heavy atom. The lowest BCUT2D eigenvalue weighted by molar-refractivity contribution is 0.337. The predicted octanol–water partition coefficient (Wildman–Crippen LogP) is 4.06. The van der Waals surface area contributed by atoms with E-state index in [0.717, 1.165) is 19.3 Å². The fraction of sp³-hybridized carbons (Fsp3) is 0.765. The lowest BCUT2D eigenvalue weighted by atomic mass is 10.0. The number of hydrogen-bond acceptors (Lipinski definition) is 5. The maximum Gasteiger partial charge on any atom is 0.328 e. The smallest absolute Gasteiger partial charge is 0.303 e. The Bertz CT molecular complexity index is 566. The SMILES string of the molecule is CCCCCCCCCCS(=O)(=O)ON=C1C(=N)C2C=CC1C2. The minimum absolute atomic E-state index is 0.00993. The van der Waals surface area contributed by atoms with Crippen LogP contribution in [0.4, 0.5) is 0 Å². The number of rotatable bonds is 11. The van der Waals surface area contributed by atoms with Gasteiger partial charge in [0.25, 0.3) is 0 Å². The molecule has 1 N–H and O–H groups in total. The van der Waals surface area contributed by atoms with Gasteiger partial charge in [-0.2, -0.15) is 8.42 Å². The van der Waals surface area contributed by atoms with Crippen molar-refractivity contribution in [3.63, 3.8) is 0 Å². The van der Waals surface area contributed by atoms with E-state index in [0.29, 0.717) is 17.8 Å². The van der Waals surface area contributed by atoms with E-state index in [1.807, 2.05) is 12.2 Å². The zero-order valence-corrected chi connectivity index (χ0v) is 14.8. The first kappa shape index (κ1) is 18.2. The Kier molecular flexibility index (Phi) is 6.81. The molecule has 0 amide bonds. The lowest BCUT2D eigenvalue weighted by Gasteiger charge is -2.08. The van der Waals surface area contributed by atoms with Gasteiger partial charge >= 0.3 is 10.1 Å². The molecule has 0 heterocycles. The van der Waals surface area contributed by atoms with Gasteiger partial charge in [0.1, 0.15) is 5.71 Å². The fourth-order valence-corrected chi connectivity index (χ4v) is 4.00. The van der Waals surface area contributed by atoms with Crippen LogP contribution in [0.1, 0.15) is 64.7 Å². The second-order valence-corrected chi connectivity index (χ2v) is 8.21. The summed E-state index contributed by atoms with van der Waals surface area (Å²) in [6.45, 7) is 2.20. The Hall–Kier alpha value is -1.17. The average Bonchev–Trinajstić information content (AvgIpc) is 3.09. The molecule has 0 spiro atoms. The van der Waals surface area contributed by atoms with Crippen molar-refractivity contribution >= 4 is 21.5 Å². The maximum atomic E-state index is 11.9. The summed E-state index contributed by atoms with van der Waals surface area (Å²) >= 11 is 0. The summed E-state index contributed by atoms with van der Waals surface area (Å²) in [5.74, 6) is 0.166. The van der Waals surface area contributed by atoms with Gasteiger partial charge in [0, 0.05) is 11.8 Å². The van der Waals surface area contributed by atoms with Crippen LogP contribution in [0.5, 0.6) is 0 Å². The van der Waals surface area contributed by atoms with Crippen molar-refractivity contribution in [3.8, 4) is 0 Å². The summed E-state index contributed by atoms with van der Waals surface area (Å²) in [6.07, 6.45) is 13.6. The van der Waals surface area contributed by atoms with Gasteiger partial charge in [0.15, 0.2) is 0 Å². The highest BCUT2D eigenvalue weighted by Crippen LogP contribution is 2.34. The summed E-state index contributed by atoms with van der Waals surface area (Å²) < 4.78 is 28.5. The molecule has 23 heavy (non-hydrogen) atoms. The van der Waals surface area contributed by atoms with E-state index in [1.54, 1.807) is 0 Å². The molecular weight excluding hydrogens is 312 g/mol. The Labute approximate surface area is 139 Å². The first-order valence-corrected chi connectivity index (χ1v) is 10.4. The first-order valence-electron chi connectivity index (χ1n) is 8.80. The zero-order valence-electron chi connectivity index (χ0n) is 14.0. The largest absolute Gasteiger partial charge is 0.328 e. The van der Waals surface area contributed by atoms with Crippen molar-refractivity contribution in [2.45, 2.75) is 64.7 Å². The molecule has 130 valence electrons. The molecule has 5 nitrogen and oxygen atoms in total. The van der Waals surface area contributed by atoms with Crippen molar-refractivity contribution in [2.75, 3.05) is 5.75 Å². The third kappa shape index (κ3) is 5.44. The van der Waals surface area contributed by atoms with Gasteiger partial charge in [0.2, 0.25) is 0 Å². The second-order valence-electron chi connectivity index (χ2n) is 6.54. The van der Waals surface area contributed by atoms with Crippen LogP contribution in [0.25, 0.3) is 0 Å². The van der Waals surface area contributed by atoms with Crippen LogP contribution in [-0.2, 0) is 14.4 Å². The van der Waals surface area contributed by atoms with Crippen LogP contribution in [0.3, 0.4) is 0 Å². The molecule has 2 bridgehead atoms. The van der Waals surface area contributed by atoms with E-state index in [9.17, 15) is 8.42 Å². The average molecular weight is 340 g/mol. The van der Waals surface area contributed by atoms with Crippen LogP contribution in [0, 0.1) is 17.2 Å². The van der Waals surface area contributed by atoms with Crippen LogP contribution in [0.15, 0.2) is 17.3 Å². The molecule has 1 saturated carbocycles. The monoisotopic (exact) mass is 340 g/mol. The van der Waals surface area contributed by atoms with Gasteiger partial charge in [-0.15, -0.1) is 0 Å². The maximum absolute atomic E-state index is 11.9. The van der Waals surface area contributed by atoms with Gasteiger partial charge in [-0.05, 0) is 12.8 Å². The molecule has 0 radical (unpaired) electrons. The highest BCUT2D eigenvalue weighted by Gasteiger charge is 2.38. The molecule has 0 aliphatic heterocycles. The number of allylic oxidation sites excluding steroid dienone is 2. The molecule has 2 rings (SSSR count). The van der Waals surface area contributed by atoms with E-state index < -0.39 is 10.1 Å². The highest BCUT2D eigenvalue weighted by molar-refractivity contribution is 7.86. The molecule has 0 aromatic carbocycles. The number of nitrogens with zero attached hydrogens (tertiary/aromatic N) is 1. The summed E-state index contributed by atoms with van der Waals surface area (Å²) in [5.41, 5.74) is 0.886. The summed E-state index contributed by atoms with van der Waals surface area (Å²) in [5, 5.41) is 11.7. The molecule has 2 aliphatic carbocycles. The number of hydrogen-bond donors (Lipinski definition) is 1. The van der Waals surface area contributed by atoms with E-state index in [2.05, 4.69) is 12.1 Å². The lowest BCUT2D eigenvalue weighted by Crippen LogP contribution is -2.19. The van der Waals surface area contributed by atoms with E-state index >= 15 is 0 Å². The second kappa shape index (κ2) is 8.62. The topological polar surface area (TPSA) is 79.6 Å². The summed E-state index contributed by atoms with van der Waals surface area (Å²) in [7, 11) is -3.62. The van der Waals surface area contributed by atoms with Crippen LogP contribution < -0.4 is 0 Å². The van der Waals surface area contributed by atoms with Crippen molar-refractivity contribution in [3.05, 3.63) is 12.2 Å². The fourth-order valence-electron chi connectivity index (χ4n) is 3.17. The molecule has 1 fully saturated rings. The molecule has 2 aliphatic rings. The van der Waals surface area contributed by atoms with Crippen LogP contribution in [0.2, 0.25) is 0 Å². The number of fused-ring (bicyclic) bond motifs is 2. The number of nitrogens with one attached hydrogen (secondary N) is 1. The highest BCUT2D eigenvalue weighted by atomic mass is 32.2. The van der Waals surface area contributed by atoms with Gasteiger partial charge < -0.3 is 5.41 Å². The van der Waals surface area contributed by atoms with Crippen molar-refractivity contribution in [2.24, 2.45) is 17.0 Å². The van der Waals surface area contributed by atoms with Gasteiger partial charge in [-0.3, -0.25) is 4.28 Å². The molecular formula is C17H28N2O3S. The molecule has 2 unspecified atom stereocenters. The molecule has 6 heteroatoms. The van der Waals surface area contributed by atoms with Gasteiger partial charge in [0.05, 0.1) is 11.5 Å². The van der Waals surface area contributed by atoms with Gasteiger partial charge in [-0.1, -0.05) is 69.2 Å². The number of unbranched alkanes of at least 4 members (excludes halogenated alkanes) is 7. The molecule has 0 aromatic rings. The molecule has 0 aromatic heterocycles. The molecule has 2 atom stereocenters. The Morgan fingerprint density at radius 2 is 1.70 bits per heavy atom. The normalized spacial score (nSPS) is 24.7. The predicted molar refractivity (Wildman–Crippen MR) is 93.4 cm³/mol. The Balaban J connectivity index is 1.63. The van der Waals surface area contributed by atoms with Crippen LogP contribution >= 0.6 is 0 Å². The van der Waals surface area contributed by atoms with Crippen LogP contribution in [-0.4, -0.2) is 25.6 Å². The van der Waals surface area contributed by atoms with E-state index in [1.165, 1.54) is 32.1 Å². The standard InChI is InChI=1S/C17H28N2O3S/c1-2-3-4-5-6-7-8-9-12-23(20,21)22-19-17-15-11-10-14(13-15)16(17)18/h10-11,14-15,18H,2-9,12-13H2,1H3. The van der Waals surface area contributed by atoms with Crippen molar-refractivity contribution in [1.82, 2.24) is 0 Å². The van der Waals surface area contributed by atoms with Gasteiger partial charge in [-0.25, -0.2) is 0 Å².